The average Bonchev–Trinajstić information content (AvgIpc) is 3.29. The Morgan fingerprint density at radius 2 is 2.15 bits per heavy atom. The van der Waals surface area contributed by atoms with Gasteiger partial charge >= 0.3 is 0 Å². The molecule has 8 heteroatoms. The molecule has 148 valence electrons. The highest BCUT2D eigenvalue weighted by Crippen LogP contribution is 2.30. The van der Waals surface area contributed by atoms with E-state index in [0.717, 1.165) is 49.9 Å². The van der Waals surface area contributed by atoms with Gasteiger partial charge in [0.1, 0.15) is 5.75 Å². The molecule has 1 aliphatic rings. The summed E-state index contributed by atoms with van der Waals surface area (Å²) in [6.45, 7) is 2.83. The smallest absolute Gasteiger partial charge is 0.191 e. The molecule has 1 fully saturated rings. The lowest BCUT2D eigenvalue weighted by atomic mass is 10.2. The summed E-state index contributed by atoms with van der Waals surface area (Å²) in [5.74, 6) is 1.80. The van der Waals surface area contributed by atoms with Crippen molar-refractivity contribution in [2.75, 3.05) is 38.7 Å². The summed E-state index contributed by atoms with van der Waals surface area (Å²) < 4.78 is 6.67. The average molecular weight is 565 g/mol. The molecule has 27 heavy (non-hydrogen) atoms. The first-order valence-corrected chi connectivity index (χ1v) is 10.4. The van der Waals surface area contributed by atoms with Crippen LogP contribution >= 0.6 is 51.2 Å². The Hall–Kier alpha value is -1.000. The molecule has 0 spiro atoms. The quantitative estimate of drug-likeness (QED) is 0.315. The lowest BCUT2D eigenvalue weighted by Crippen LogP contribution is -2.45. The van der Waals surface area contributed by atoms with E-state index in [1.165, 1.54) is 8.66 Å². The van der Waals surface area contributed by atoms with E-state index in [0.29, 0.717) is 6.04 Å². The molecule has 1 aromatic heterocycles. The van der Waals surface area contributed by atoms with Gasteiger partial charge in [0.25, 0.3) is 0 Å². The number of aliphatic imine (C=N–C) groups is 1. The summed E-state index contributed by atoms with van der Waals surface area (Å²) >= 11 is 5.29. The predicted octanol–water partition coefficient (Wildman–Crippen LogP) is 4.12. The van der Waals surface area contributed by atoms with Gasteiger partial charge in [-0.3, -0.25) is 4.99 Å². The van der Waals surface area contributed by atoms with Gasteiger partial charge in [-0.15, -0.1) is 35.3 Å². The first-order valence-electron chi connectivity index (χ1n) is 8.79. The van der Waals surface area contributed by atoms with Crippen LogP contribution in [0.3, 0.4) is 0 Å². The summed E-state index contributed by atoms with van der Waals surface area (Å²) in [4.78, 5) is 8.10. The number of thiophene rings is 1. The Labute approximate surface area is 190 Å². The number of nitrogens with one attached hydrogen (secondary N) is 2. The molecule has 0 bridgehead atoms. The van der Waals surface area contributed by atoms with Crippen LogP contribution in [0, 0.1) is 0 Å². The van der Waals surface area contributed by atoms with Crippen LogP contribution in [-0.4, -0.2) is 45.8 Å². The maximum atomic E-state index is 5.49. The zero-order valence-corrected chi connectivity index (χ0v) is 20.3. The predicted molar refractivity (Wildman–Crippen MR) is 129 cm³/mol. The third kappa shape index (κ3) is 6.25. The number of guanidine groups is 1. The minimum Gasteiger partial charge on any atom is -0.495 e. The second-order valence-electron chi connectivity index (χ2n) is 6.20. The fourth-order valence-electron chi connectivity index (χ4n) is 3.17. The lowest BCUT2D eigenvalue weighted by molar-refractivity contribution is 0.415. The van der Waals surface area contributed by atoms with E-state index in [4.69, 9.17) is 4.74 Å². The maximum Gasteiger partial charge on any atom is 0.191 e. The van der Waals surface area contributed by atoms with Crippen molar-refractivity contribution < 1.29 is 4.74 Å². The van der Waals surface area contributed by atoms with E-state index in [9.17, 15) is 0 Å². The summed E-state index contributed by atoms with van der Waals surface area (Å²) in [6.07, 6.45) is 2.07. The zero-order chi connectivity index (χ0) is 18.4. The number of methoxy groups -OCH3 is 1. The van der Waals surface area contributed by atoms with Crippen LogP contribution in [0.4, 0.5) is 5.69 Å². The molecule has 5 nitrogen and oxygen atoms in total. The lowest BCUT2D eigenvalue weighted by Gasteiger charge is -2.22. The summed E-state index contributed by atoms with van der Waals surface area (Å²) in [5.41, 5.74) is 1.16. The third-order valence-corrected chi connectivity index (χ3v) is 6.15. The second kappa shape index (κ2) is 11.1. The second-order valence-corrected chi connectivity index (χ2v) is 8.75. The van der Waals surface area contributed by atoms with Crippen LogP contribution in [0.5, 0.6) is 5.75 Å². The van der Waals surface area contributed by atoms with Crippen molar-refractivity contribution in [2.45, 2.75) is 18.9 Å². The number of nitrogens with zero attached hydrogens (tertiary/aromatic N) is 2. The molecule has 0 saturated carbocycles. The Morgan fingerprint density at radius 3 is 2.85 bits per heavy atom. The van der Waals surface area contributed by atoms with E-state index >= 15 is 0 Å². The molecular weight excluding hydrogens is 539 g/mol. The van der Waals surface area contributed by atoms with Gasteiger partial charge in [0.2, 0.25) is 0 Å². The van der Waals surface area contributed by atoms with E-state index in [1.54, 1.807) is 18.4 Å². The van der Waals surface area contributed by atoms with Crippen molar-refractivity contribution in [3.63, 3.8) is 0 Å². The first kappa shape index (κ1) is 22.3. The van der Waals surface area contributed by atoms with Gasteiger partial charge in [0, 0.05) is 37.6 Å². The number of hydrogen-bond acceptors (Lipinski definition) is 4. The van der Waals surface area contributed by atoms with Crippen molar-refractivity contribution in [1.82, 2.24) is 10.6 Å². The topological polar surface area (TPSA) is 48.9 Å². The molecule has 1 aromatic carbocycles. The van der Waals surface area contributed by atoms with Gasteiger partial charge in [0.05, 0.1) is 16.6 Å². The number of para-hydroxylation sites is 2. The normalized spacial score (nSPS) is 16.8. The summed E-state index contributed by atoms with van der Waals surface area (Å²) in [7, 11) is 3.55. The number of anilines is 1. The standard InChI is InChI=1S/C19H25BrN4OS.HI/c1-21-19(22-11-9-15-7-8-18(20)26-15)23-14-10-12-24(13-14)16-5-3-4-6-17(16)25-2;/h3-8,14H,9-13H2,1-2H3,(H2,21,22,23);1H. The highest BCUT2D eigenvalue weighted by Gasteiger charge is 2.25. The SMILES string of the molecule is CN=C(NCCc1ccc(Br)s1)NC1CCN(c2ccccc2OC)C1.I. The van der Waals surface area contributed by atoms with E-state index in [1.807, 2.05) is 19.2 Å². The number of halogens is 2. The zero-order valence-electron chi connectivity index (χ0n) is 15.6. The van der Waals surface area contributed by atoms with E-state index in [-0.39, 0.29) is 24.0 Å². The van der Waals surface area contributed by atoms with Crippen molar-refractivity contribution in [3.05, 3.63) is 45.1 Å². The van der Waals surface area contributed by atoms with Crippen LogP contribution in [0.15, 0.2) is 45.2 Å². The molecule has 2 heterocycles. The van der Waals surface area contributed by atoms with Crippen LogP contribution in [-0.2, 0) is 6.42 Å². The Balaban J connectivity index is 0.00000261. The molecule has 1 atom stereocenters. The van der Waals surface area contributed by atoms with Gasteiger partial charge in [-0.1, -0.05) is 12.1 Å². The molecule has 2 N–H and O–H groups in total. The highest BCUT2D eigenvalue weighted by molar-refractivity contribution is 14.0. The third-order valence-electron chi connectivity index (χ3n) is 4.47. The monoisotopic (exact) mass is 564 g/mol. The van der Waals surface area contributed by atoms with Crippen molar-refractivity contribution >= 4 is 62.9 Å². The van der Waals surface area contributed by atoms with Crippen molar-refractivity contribution in [2.24, 2.45) is 4.99 Å². The van der Waals surface area contributed by atoms with Crippen LogP contribution < -0.4 is 20.3 Å². The summed E-state index contributed by atoms with van der Waals surface area (Å²) in [6, 6.07) is 12.8. The van der Waals surface area contributed by atoms with E-state index in [2.05, 4.69) is 60.7 Å². The van der Waals surface area contributed by atoms with Crippen molar-refractivity contribution in [3.8, 4) is 5.75 Å². The largest absolute Gasteiger partial charge is 0.495 e. The van der Waals surface area contributed by atoms with Crippen LogP contribution in [0.1, 0.15) is 11.3 Å². The molecule has 0 amide bonds. The fourth-order valence-corrected chi connectivity index (χ4v) is 4.65. The molecule has 1 saturated heterocycles. The number of hydrogen-bond donors (Lipinski definition) is 2. The number of rotatable bonds is 6. The molecule has 0 aliphatic carbocycles. The van der Waals surface area contributed by atoms with Gasteiger partial charge in [0.15, 0.2) is 5.96 Å². The maximum absolute atomic E-state index is 5.49. The van der Waals surface area contributed by atoms with Gasteiger partial charge in [-0.05, 0) is 53.0 Å². The fraction of sp³-hybridized carbons (Fsp3) is 0.421. The van der Waals surface area contributed by atoms with Gasteiger partial charge in [-0.2, -0.15) is 0 Å². The van der Waals surface area contributed by atoms with E-state index < -0.39 is 0 Å². The molecule has 1 unspecified atom stereocenters. The molecule has 1 aliphatic heterocycles. The molecular formula is C19H26BrIN4OS. The Bertz CT molecular complexity index is 755. The van der Waals surface area contributed by atoms with Gasteiger partial charge in [-0.25, -0.2) is 0 Å². The minimum absolute atomic E-state index is 0. The molecule has 0 radical (unpaired) electrons. The molecule has 3 rings (SSSR count). The van der Waals surface area contributed by atoms with Crippen molar-refractivity contribution in [1.29, 1.82) is 0 Å². The first-order chi connectivity index (χ1) is 12.7. The minimum atomic E-state index is 0. The van der Waals surface area contributed by atoms with Gasteiger partial charge < -0.3 is 20.3 Å². The summed E-state index contributed by atoms with van der Waals surface area (Å²) in [5, 5.41) is 6.96. The Kier molecular flexibility index (Phi) is 9.17. The van der Waals surface area contributed by atoms with Crippen LogP contribution in [0.2, 0.25) is 0 Å². The Morgan fingerprint density at radius 1 is 1.33 bits per heavy atom. The highest BCUT2D eigenvalue weighted by atomic mass is 127. The number of benzene rings is 1. The number of ether oxygens (including phenoxy) is 1. The van der Waals surface area contributed by atoms with Crippen LogP contribution in [0.25, 0.3) is 0 Å². The molecule has 2 aromatic rings.